The van der Waals surface area contributed by atoms with Crippen molar-refractivity contribution in [2.24, 2.45) is 5.92 Å². The van der Waals surface area contributed by atoms with Crippen molar-refractivity contribution in [1.29, 1.82) is 0 Å². The Labute approximate surface area is 142 Å². The van der Waals surface area contributed by atoms with Gasteiger partial charge in [0.2, 0.25) is 0 Å². The number of anilines is 1. The number of aromatic nitrogens is 2. The molecule has 0 amide bonds. The summed E-state index contributed by atoms with van der Waals surface area (Å²) in [5.41, 5.74) is 2.51. The van der Waals surface area contributed by atoms with Crippen molar-refractivity contribution in [2.75, 3.05) is 24.5 Å². The summed E-state index contributed by atoms with van der Waals surface area (Å²) in [5.74, 6) is 1.71. The van der Waals surface area contributed by atoms with Gasteiger partial charge in [-0.1, -0.05) is 20.8 Å². The molecule has 0 unspecified atom stereocenters. The van der Waals surface area contributed by atoms with Crippen LogP contribution in [-0.2, 0) is 12.0 Å². The third kappa shape index (κ3) is 3.90. The third-order valence-electron chi connectivity index (χ3n) is 4.39. The molecule has 1 fully saturated rings. The minimum Gasteiger partial charge on any atom is -0.354 e. The quantitative estimate of drug-likeness (QED) is 0.912. The van der Waals surface area contributed by atoms with Gasteiger partial charge in [-0.05, 0) is 36.1 Å². The molecule has 3 rings (SSSR count). The second-order valence-electron chi connectivity index (χ2n) is 7.46. The predicted molar refractivity (Wildman–Crippen MR) is 97.2 cm³/mol. The third-order valence-corrected chi connectivity index (χ3v) is 5.41. The van der Waals surface area contributed by atoms with Gasteiger partial charge >= 0.3 is 0 Å². The molecule has 0 aliphatic carbocycles. The van der Waals surface area contributed by atoms with Crippen LogP contribution in [0.1, 0.15) is 36.9 Å². The summed E-state index contributed by atoms with van der Waals surface area (Å²) in [6.45, 7) is 12.9. The first-order valence-electron chi connectivity index (χ1n) is 8.26. The predicted octanol–water partition coefficient (Wildman–Crippen LogP) is 3.37. The van der Waals surface area contributed by atoms with Crippen molar-refractivity contribution in [2.45, 2.75) is 39.7 Å². The normalized spacial score (nSPS) is 15.7. The molecule has 4 nitrogen and oxygen atoms in total. The summed E-state index contributed by atoms with van der Waals surface area (Å²) in [6, 6.07) is 6.40. The first-order chi connectivity index (χ1) is 10.9. The van der Waals surface area contributed by atoms with E-state index in [1.54, 1.807) is 0 Å². The SMILES string of the molecule is Cc1ccsc1CNCC1CN(c2ccc(C(C)(C)C)nn2)C1. The van der Waals surface area contributed by atoms with E-state index in [-0.39, 0.29) is 5.41 Å². The van der Waals surface area contributed by atoms with E-state index in [0.29, 0.717) is 5.92 Å². The minimum absolute atomic E-state index is 0.0624. The molecular formula is C18H26N4S. The molecule has 1 saturated heterocycles. The summed E-state index contributed by atoms with van der Waals surface area (Å²) in [5, 5.41) is 14.5. The van der Waals surface area contributed by atoms with Gasteiger partial charge in [-0.3, -0.25) is 0 Å². The Morgan fingerprint density at radius 1 is 1.22 bits per heavy atom. The molecule has 5 heteroatoms. The summed E-state index contributed by atoms with van der Waals surface area (Å²) >= 11 is 1.84. The van der Waals surface area contributed by atoms with Crippen molar-refractivity contribution in [3.05, 3.63) is 39.7 Å². The van der Waals surface area contributed by atoms with E-state index in [2.05, 4.69) is 71.7 Å². The molecule has 2 aromatic heterocycles. The van der Waals surface area contributed by atoms with Crippen molar-refractivity contribution in [3.8, 4) is 0 Å². The smallest absolute Gasteiger partial charge is 0.151 e. The van der Waals surface area contributed by atoms with Crippen molar-refractivity contribution < 1.29 is 0 Å². The number of rotatable bonds is 5. The summed E-state index contributed by atoms with van der Waals surface area (Å²) < 4.78 is 0. The Kier molecular flexibility index (Phi) is 4.69. The topological polar surface area (TPSA) is 41.0 Å². The highest BCUT2D eigenvalue weighted by atomic mass is 32.1. The van der Waals surface area contributed by atoms with Gasteiger partial charge in [-0.2, -0.15) is 5.10 Å². The van der Waals surface area contributed by atoms with E-state index >= 15 is 0 Å². The molecular weight excluding hydrogens is 304 g/mol. The molecule has 1 aliphatic rings. The lowest BCUT2D eigenvalue weighted by Crippen LogP contribution is -2.51. The van der Waals surface area contributed by atoms with Crippen molar-refractivity contribution in [3.63, 3.8) is 0 Å². The van der Waals surface area contributed by atoms with E-state index in [1.807, 2.05) is 11.3 Å². The van der Waals surface area contributed by atoms with Crippen LogP contribution in [0.5, 0.6) is 0 Å². The second kappa shape index (κ2) is 6.57. The van der Waals surface area contributed by atoms with Gasteiger partial charge in [0.15, 0.2) is 5.82 Å². The highest BCUT2D eigenvalue weighted by Gasteiger charge is 2.28. The largest absolute Gasteiger partial charge is 0.354 e. The molecule has 0 spiro atoms. The zero-order valence-electron chi connectivity index (χ0n) is 14.5. The maximum Gasteiger partial charge on any atom is 0.151 e. The van der Waals surface area contributed by atoms with Gasteiger partial charge in [0.25, 0.3) is 0 Å². The molecule has 23 heavy (non-hydrogen) atoms. The Balaban J connectivity index is 1.43. The highest BCUT2D eigenvalue weighted by molar-refractivity contribution is 7.10. The van der Waals surface area contributed by atoms with E-state index in [9.17, 15) is 0 Å². The van der Waals surface area contributed by atoms with Crippen molar-refractivity contribution >= 4 is 17.2 Å². The standard InChI is InChI=1S/C18H26N4S/c1-13-7-8-23-15(13)10-19-9-14-11-22(12-14)17-6-5-16(20-21-17)18(2,3)4/h5-8,14,19H,9-12H2,1-4H3. The lowest BCUT2D eigenvalue weighted by Gasteiger charge is -2.40. The number of nitrogens with one attached hydrogen (secondary N) is 1. The zero-order valence-corrected chi connectivity index (χ0v) is 15.3. The van der Waals surface area contributed by atoms with Gasteiger partial charge in [-0.25, -0.2) is 0 Å². The molecule has 2 aromatic rings. The Hall–Kier alpha value is -1.46. The molecule has 3 heterocycles. The molecule has 0 atom stereocenters. The average molecular weight is 331 g/mol. The van der Waals surface area contributed by atoms with E-state index in [1.165, 1.54) is 10.4 Å². The zero-order chi connectivity index (χ0) is 16.4. The number of thiophene rings is 1. The van der Waals surface area contributed by atoms with Gasteiger partial charge < -0.3 is 10.2 Å². The number of aryl methyl sites for hydroxylation is 1. The Morgan fingerprint density at radius 2 is 2.00 bits per heavy atom. The molecule has 0 radical (unpaired) electrons. The Bertz CT molecular complexity index is 636. The van der Waals surface area contributed by atoms with Crippen LogP contribution in [0.25, 0.3) is 0 Å². The fourth-order valence-corrected chi connectivity index (χ4v) is 3.63. The van der Waals surface area contributed by atoms with Gasteiger partial charge in [0.05, 0.1) is 5.69 Å². The van der Waals surface area contributed by atoms with Crippen LogP contribution in [0, 0.1) is 12.8 Å². The number of hydrogen-bond donors (Lipinski definition) is 1. The fourth-order valence-electron chi connectivity index (χ4n) is 2.75. The van der Waals surface area contributed by atoms with Crippen LogP contribution >= 0.6 is 11.3 Å². The van der Waals surface area contributed by atoms with E-state index in [4.69, 9.17) is 0 Å². The maximum atomic E-state index is 4.39. The van der Waals surface area contributed by atoms with Crippen LogP contribution in [0.3, 0.4) is 0 Å². The maximum absolute atomic E-state index is 4.39. The number of nitrogens with zero attached hydrogens (tertiary/aromatic N) is 3. The summed E-state index contributed by atoms with van der Waals surface area (Å²) in [6.07, 6.45) is 0. The van der Waals surface area contributed by atoms with Gasteiger partial charge in [-0.15, -0.1) is 16.4 Å². The fraction of sp³-hybridized carbons (Fsp3) is 0.556. The lowest BCUT2D eigenvalue weighted by atomic mass is 9.92. The summed E-state index contributed by atoms with van der Waals surface area (Å²) in [7, 11) is 0. The van der Waals surface area contributed by atoms with Crippen molar-refractivity contribution in [1.82, 2.24) is 15.5 Å². The van der Waals surface area contributed by atoms with Crippen LogP contribution in [0.15, 0.2) is 23.6 Å². The van der Waals surface area contributed by atoms with Gasteiger partial charge in [0.1, 0.15) is 0 Å². The molecule has 124 valence electrons. The van der Waals surface area contributed by atoms with Crippen LogP contribution in [0.2, 0.25) is 0 Å². The van der Waals surface area contributed by atoms with Crippen LogP contribution in [0.4, 0.5) is 5.82 Å². The minimum atomic E-state index is 0.0624. The highest BCUT2D eigenvalue weighted by Crippen LogP contribution is 2.25. The molecule has 1 N–H and O–H groups in total. The molecule has 0 aromatic carbocycles. The first kappa shape index (κ1) is 16.4. The van der Waals surface area contributed by atoms with Crippen LogP contribution < -0.4 is 10.2 Å². The molecule has 1 aliphatic heterocycles. The van der Waals surface area contributed by atoms with Crippen LogP contribution in [-0.4, -0.2) is 29.8 Å². The monoisotopic (exact) mass is 330 g/mol. The average Bonchev–Trinajstić information content (AvgIpc) is 2.86. The molecule has 0 saturated carbocycles. The first-order valence-corrected chi connectivity index (χ1v) is 9.14. The lowest BCUT2D eigenvalue weighted by molar-refractivity contribution is 0.381. The Morgan fingerprint density at radius 3 is 2.57 bits per heavy atom. The number of hydrogen-bond acceptors (Lipinski definition) is 5. The summed E-state index contributed by atoms with van der Waals surface area (Å²) in [4.78, 5) is 3.76. The molecule has 0 bridgehead atoms. The second-order valence-corrected chi connectivity index (χ2v) is 8.46. The van der Waals surface area contributed by atoms with E-state index < -0.39 is 0 Å². The van der Waals surface area contributed by atoms with Gasteiger partial charge in [0, 0.05) is 42.4 Å². The van der Waals surface area contributed by atoms with E-state index in [0.717, 1.165) is 37.7 Å².